The summed E-state index contributed by atoms with van der Waals surface area (Å²) in [6.07, 6.45) is 6.85. The highest BCUT2D eigenvalue weighted by molar-refractivity contribution is 6.27. The second kappa shape index (κ2) is 6.70. The van der Waals surface area contributed by atoms with Gasteiger partial charge in [0.1, 0.15) is 0 Å². The Morgan fingerprint density at radius 3 is 3.14 bits per heavy atom. The van der Waals surface area contributed by atoms with Crippen molar-refractivity contribution in [1.82, 2.24) is 0 Å². The first kappa shape index (κ1) is 11.4. The van der Waals surface area contributed by atoms with Crippen LogP contribution in [0.5, 0.6) is 0 Å². The maximum Gasteiger partial charge on any atom is 0.187 e. The molecule has 1 rings (SSSR count). The minimum atomic E-state index is -0.607. The predicted molar refractivity (Wildman–Crippen MR) is 57.8 cm³/mol. The molecule has 0 amide bonds. The zero-order valence-electron chi connectivity index (χ0n) is 8.49. The second-order valence-corrected chi connectivity index (χ2v) is 4.22. The Bertz CT molecular complexity index is 246. The number of hydrogen-bond acceptors (Lipinski definition) is 3. The molecule has 0 unspecified atom stereocenters. The smallest absolute Gasteiger partial charge is 0.187 e. The first-order valence-electron chi connectivity index (χ1n) is 4.89. The maximum absolute atomic E-state index is 11.3. The molecule has 1 aliphatic carbocycles. The summed E-state index contributed by atoms with van der Waals surface area (Å²) in [5, 5.41) is 0. The molecule has 0 heterocycles. The second-order valence-electron chi connectivity index (χ2n) is 3.00. The average molecular weight is 212 g/mol. The van der Waals surface area contributed by atoms with E-state index in [0.29, 0.717) is 13.0 Å². The molecule has 3 nitrogen and oxygen atoms in total. The van der Waals surface area contributed by atoms with Gasteiger partial charge in [0.05, 0.1) is 12.8 Å². The largest absolute Gasteiger partial charge is 0.417 e. The van der Waals surface area contributed by atoms with Crippen LogP contribution in [-0.4, -0.2) is 35.0 Å². The van der Waals surface area contributed by atoms with E-state index in [4.69, 9.17) is 9.16 Å². The van der Waals surface area contributed by atoms with Gasteiger partial charge in [0.15, 0.2) is 15.5 Å². The van der Waals surface area contributed by atoms with Gasteiger partial charge in [-0.1, -0.05) is 18.2 Å². The highest BCUT2D eigenvalue weighted by atomic mass is 28.2. The summed E-state index contributed by atoms with van der Waals surface area (Å²) >= 11 is 0. The van der Waals surface area contributed by atoms with E-state index in [0.717, 1.165) is 18.4 Å². The molecule has 0 aromatic carbocycles. The SMILES string of the molecule is CCOC[SiH2]OCC1=CC=CCC1=O. The van der Waals surface area contributed by atoms with Gasteiger partial charge in [-0.25, -0.2) is 0 Å². The first-order chi connectivity index (χ1) is 6.84. The van der Waals surface area contributed by atoms with Crippen molar-refractivity contribution < 1.29 is 14.0 Å². The van der Waals surface area contributed by atoms with Gasteiger partial charge in [-0.05, 0) is 6.92 Å². The van der Waals surface area contributed by atoms with Gasteiger partial charge in [0.2, 0.25) is 0 Å². The van der Waals surface area contributed by atoms with E-state index < -0.39 is 9.76 Å². The number of carbonyl (C=O) groups excluding carboxylic acids is 1. The fraction of sp³-hybridized carbons (Fsp3) is 0.500. The Hall–Kier alpha value is -0.713. The third kappa shape index (κ3) is 4.00. The van der Waals surface area contributed by atoms with Gasteiger partial charge < -0.3 is 9.16 Å². The maximum atomic E-state index is 11.3. The average Bonchev–Trinajstić information content (AvgIpc) is 2.20. The van der Waals surface area contributed by atoms with Crippen LogP contribution in [0.4, 0.5) is 0 Å². The number of allylic oxidation sites excluding steroid dienone is 3. The molecule has 0 radical (unpaired) electrons. The molecule has 0 aromatic heterocycles. The lowest BCUT2D eigenvalue weighted by molar-refractivity contribution is -0.115. The van der Waals surface area contributed by atoms with Crippen LogP contribution in [0.1, 0.15) is 13.3 Å². The minimum Gasteiger partial charge on any atom is -0.417 e. The van der Waals surface area contributed by atoms with Crippen molar-refractivity contribution in [1.29, 1.82) is 0 Å². The molecule has 14 heavy (non-hydrogen) atoms. The minimum absolute atomic E-state index is 0.179. The van der Waals surface area contributed by atoms with Crippen LogP contribution in [0.2, 0.25) is 0 Å². The Kier molecular flexibility index (Phi) is 5.44. The molecule has 0 N–H and O–H groups in total. The molecule has 0 aromatic rings. The van der Waals surface area contributed by atoms with Crippen LogP contribution in [0.3, 0.4) is 0 Å². The van der Waals surface area contributed by atoms with Gasteiger partial charge in [-0.2, -0.15) is 0 Å². The highest BCUT2D eigenvalue weighted by Crippen LogP contribution is 2.07. The van der Waals surface area contributed by atoms with Crippen molar-refractivity contribution in [2.24, 2.45) is 0 Å². The predicted octanol–water partition coefficient (Wildman–Crippen LogP) is 0.536. The molecule has 0 bridgehead atoms. The van der Waals surface area contributed by atoms with Crippen molar-refractivity contribution in [3.05, 3.63) is 23.8 Å². The summed E-state index contributed by atoms with van der Waals surface area (Å²) in [6, 6.07) is 0. The summed E-state index contributed by atoms with van der Waals surface area (Å²) in [6.45, 7) is 3.16. The van der Waals surface area contributed by atoms with Gasteiger partial charge >= 0.3 is 0 Å². The summed E-state index contributed by atoms with van der Waals surface area (Å²) in [5.74, 6) is 0.179. The topological polar surface area (TPSA) is 35.5 Å². The number of ether oxygens (including phenoxy) is 1. The van der Waals surface area contributed by atoms with Gasteiger partial charge in [-0.15, -0.1) is 0 Å². The summed E-state index contributed by atoms with van der Waals surface area (Å²) in [7, 11) is -0.607. The van der Waals surface area contributed by atoms with E-state index in [1.54, 1.807) is 0 Å². The molecule has 78 valence electrons. The van der Waals surface area contributed by atoms with Crippen LogP contribution < -0.4 is 0 Å². The van der Waals surface area contributed by atoms with E-state index >= 15 is 0 Å². The fourth-order valence-electron chi connectivity index (χ4n) is 1.16. The van der Waals surface area contributed by atoms with Crippen molar-refractivity contribution in [2.45, 2.75) is 13.3 Å². The summed E-state index contributed by atoms with van der Waals surface area (Å²) in [5.41, 5.74) is 0.788. The Labute approximate surface area is 86.7 Å². The third-order valence-corrected chi connectivity index (χ3v) is 2.88. The van der Waals surface area contributed by atoms with E-state index in [1.165, 1.54) is 0 Å². The van der Waals surface area contributed by atoms with Crippen molar-refractivity contribution in [3.8, 4) is 0 Å². The monoisotopic (exact) mass is 212 g/mol. The normalized spacial score (nSPS) is 16.6. The molecule has 0 fully saturated rings. The lowest BCUT2D eigenvalue weighted by Crippen LogP contribution is -2.15. The Morgan fingerprint density at radius 2 is 2.43 bits per heavy atom. The van der Waals surface area contributed by atoms with Crippen molar-refractivity contribution in [3.63, 3.8) is 0 Å². The van der Waals surface area contributed by atoms with Crippen LogP contribution in [-0.2, 0) is 14.0 Å². The first-order valence-corrected chi connectivity index (χ1v) is 6.46. The molecule has 0 saturated carbocycles. The van der Waals surface area contributed by atoms with Crippen LogP contribution in [0, 0.1) is 0 Å². The third-order valence-electron chi connectivity index (χ3n) is 1.93. The molecule has 0 aliphatic heterocycles. The number of ketones is 1. The van der Waals surface area contributed by atoms with E-state index in [1.807, 2.05) is 25.2 Å². The summed E-state index contributed by atoms with van der Waals surface area (Å²) < 4.78 is 10.6. The van der Waals surface area contributed by atoms with Crippen molar-refractivity contribution >= 4 is 15.5 Å². The highest BCUT2D eigenvalue weighted by Gasteiger charge is 2.09. The molecular formula is C10H16O3Si. The van der Waals surface area contributed by atoms with Gasteiger partial charge in [-0.3, -0.25) is 4.79 Å². The Morgan fingerprint density at radius 1 is 1.57 bits per heavy atom. The number of rotatable bonds is 6. The standard InChI is InChI=1S/C10H16O3Si/c1-2-12-8-14-13-7-9-5-3-4-6-10(9)11/h3-5H,2,6-8,14H2,1H3. The van der Waals surface area contributed by atoms with Crippen LogP contribution in [0.15, 0.2) is 23.8 Å². The molecule has 0 atom stereocenters. The lowest BCUT2D eigenvalue weighted by Gasteiger charge is -2.08. The number of Topliss-reactive ketones (excluding diaryl/α,β-unsaturated/α-hetero) is 1. The fourth-order valence-corrected chi connectivity index (χ4v) is 2.04. The zero-order valence-corrected chi connectivity index (χ0v) is 9.91. The molecule has 0 saturated heterocycles. The molecule has 4 heteroatoms. The van der Waals surface area contributed by atoms with Gasteiger partial charge in [0.25, 0.3) is 0 Å². The molecule has 0 spiro atoms. The molecule has 1 aliphatic rings. The van der Waals surface area contributed by atoms with Crippen LogP contribution >= 0.6 is 0 Å². The number of hydrogen-bond donors (Lipinski definition) is 0. The van der Waals surface area contributed by atoms with E-state index in [9.17, 15) is 4.79 Å². The van der Waals surface area contributed by atoms with E-state index in [2.05, 4.69) is 0 Å². The number of carbonyl (C=O) groups is 1. The van der Waals surface area contributed by atoms with Gasteiger partial charge in [0, 0.05) is 18.6 Å². The Balaban J connectivity index is 2.14. The van der Waals surface area contributed by atoms with E-state index in [-0.39, 0.29) is 5.78 Å². The van der Waals surface area contributed by atoms with Crippen molar-refractivity contribution in [2.75, 3.05) is 19.4 Å². The summed E-state index contributed by atoms with van der Waals surface area (Å²) in [4.78, 5) is 11.3. The quantitative estimate of drug-likeness (QED) is 0.476. The zero-order chi connectivity index (χ0) is 10.2. The lowest BCUT2D eigenvalue weighted by atomic mass is 10.1. The van der Waals surface area contributed by atoms with Crippen LogP contribution in [0.25, 0.3) is 0 Å². The molecular weight excluding hydrogens is 196 g/mol.